The van der Waals surface area contributed by atoms with Crippen molar-refractivity contribution in [2.24, 2.45) is 11.8 Å². The fourth-order valence-corrected chi connectivity index (χ4v) is 2.96. The van der Waals surface area contributed by atoms with Crippen LogP contribution in [0.4, 0.5) is 0 Å². The molecule has 0 unspecified atom stereocenters. The molecule has 0 amide bonds. The van der Waals surface area contributed by atoms with Gasteiger partial charge in [0.1, 0.15) is 0 Å². The molecule has 0 heterocycles. The van der Waals surface area contributed by atoms with E-state index in [1.165, 1.54) is 4.31 Å². The molecular formula is C14H30N2O4S. The summed E-state index contributed by atoms with van der Waals surface area (Å²) >= 11 is 0. The number of carbonyl (C=O) groups is 1. The second kappa shape index (κ2) is 10.1. The number of nitrogens with one attached hydrogen (secondary N) is 1. The predicted molar refractivity (Wildman–Crippen MR) is 84.3 cm³/mol. The summed E-state index contributed by atoms with van der Waals surface area (Å²) in [4.78, 5) is 10.4. The Kier molecular flexibility index (Phi) is 9.81. The van der Waals surface area contributed by atoms with E-state index >= 15 is 0 Å². The average molecular weight is 322 g/mol. The van der Waals surface area contributed by atoms with E-state index in [4.69, 9.17) is 5.11 Å². The Morgan fingerprint density at radius 1 is 1.10 bits per heavy atom. The zero-order valence-corrected chi connectivity index (χ0v) is 14.4. The second-order valence-corrected chi connectivity index (χ2v) is 7.92. The van der Waals surface area contributed by atoms with Gasteiger partial charge in [-0.25, -0.2) is 4.72 Å². The molecule has 0 aromatic rings. The van der Waals surface area contributed by atoms with Gasteiger partial charge in [0.05, 0.1) is 0 Å². The standard InChI is InChI=1S/C14H30N2O4S/c1-12(2)7-10-16(11-8-13(3)4)21(19,20)15-9-5-6-14(17)18/h12-13,15H,5-11H2,1-4H3,(H,17,18). The maximum absolute atomic E-state index is 12.3. The molecule has 0 fully saturated rings. The molecule has 0 saturated heterocycles. The Bertz CT molecular complexity index is 382. The quantitative estimate of drug-likeness (QED) is 0.539. The fourth-order valence-electron chi connectivity index (χ4n) is 1.69. The van der Waals surface area contributed by atoms with Crippen LogP contribution >= 0.6 is 0 Å². The number of carboxylic acids is 1. The van der Waals surface area contributed by atoms with Gasteiger partial charge in [-0.1, -0.05) is 27.7 Å². The highest BCUT2D eigenvalue weighted by atomic mass is 32.2. The van der Waals surface area contributed by atoms with Crippen molar-refractivity contribution in [1.82, 2.24) is 9.03 Å². The van der Waals surface area contributed by atoms with Crippen LogP contribution < -0.4 is 4.72 Å². The van der Waals surface area contributed by atoms with Gasteiger partial charge in [-0.2, -0.15) is 12.7 Å². The lowest BCUT2D eigenvalue weighted by Gasteiger charge is -2.24. The number of carboxylic acid groups (broad SMARTS) is 1. The van der Waals surface area contributed by atoms with Gasteiger partial charge in [0.2, 0.25) is 0 Å². The molecule has 0 bridgehead atoms. The van der Waals surface area contributed by atoms with Crippen LogP contribution in [0.5, 0.6) is 0 Å². The molecule has 0 aromatic heterocycles. The van der Waals surface area contributed by atoms with Gasteiger partial charge in [-0.3, -0.25) is 4.79 Å². The first kappa shape index (κ1) is 20.3. The van der Waals surface area contributed by atoms with E-state index < -0.39 is 16.2 Å². The van der Waals surface area contributed by atoms with E-state index in [1.807, 2.05) is 0 Å². The molecule has 0 aliphatic heterocycles. The van der Waals surface area contributed by atoms with E-state index in [1.54, 1.807) is 0 Å². The van der Waals surface area contributed by atoms with Crippen molar-refractivity contribution in [3.05, 3.63) is 0 Å². The minimum Gasteiger partial charge on any atom is -0.481 e. The van der Waals surface area contributed by atoms with Gasteiger partial charge in [0.25, 0.3) is 10.2 Å². The highest BCUT2D eigenvalue weighted by Gasteiger charge is 2.21. The summed E-state index contributed by atoms with van der Waals surface area (Å²) in [6.45, 7) is 9.41. The van der Waals surface area contributed by atoms with Crippen molar-refractivity contribution in [3.63, 3.8) is 0 Å². The lowest BCUT2D eigenvalue weighted by molar-refractivity contribution is -0.137. The van der Waals surface area contributed by atoms with Gasteiger partial charge in [-0.15, -0.1) is 0 Å². The van der Waals surface area contributed by atoms with Gasteiger partial charge in [0, 0.05) is 26.1 Å². The third-order valence-electron chi connectivity index (χ3n) is 3.10. The zero-order chi connectivity index (χ0) is 16.5. The smallest absolute Gasteiger partial charge is 0.303 e. The maximum Gasteiger partial charge on any atom is 0.303 e. The highest BCUT2D eigenvalue weighted by Crippen LogP contribution is 2.10. The molecule has 2 N–H and O–H groups in total. The Hall–Kier alpha value is -0.660. The van der Waals surface area contributed by atoms with E-state index in [-0.39, 0.29) is 13.0 Å². The third kappa shape index (κ3) is 10.7. The summed E-state index contributed by atoms with van der Waals surface area (Å²) in [6.07, 6.45) is 1.90. The number of rotatable bonds is 12. The number of nitrogens with zero attached hydrogens (tertiary/aromatic N) is 1. The van der Waals surface area contributed by atoms with Crippen molar-refractivity contribution < 1.29 is 18.3 Å². The largest absolute Gasteiger partial charge is 0.481 e. The molecule has 126 valence electrons. The SMILES string of the molecule is CC(C)CCN(CCC(C)C)S(=O)(=O)NCCCC(=O)O. The van der Waals surface area contributed by atoms with Crippen LogP contribution in [0, 0.1) is 11.8 Å². The first-order valence-corrected chi connectivity index (χ1v) is 9.05. The number of aliphatic carboxylic acids is 1. The summed E-state index contributed by atoms with van der Waals surface area (Å²) in [5.74, 6) is -0.0341. The zero-order valence-electron chi connectivity index (χ0n) is 13.6. The van der Waals surface area contributed by atoms with E-state index in [0.717, 1.165) is 12.8 Å². The summed E-state index contributed by atoms with van der Waals surface area (Å²) in [5.41, 5.74) is 0. The van der Waals surface area contributed by atoms with Crippen molar-refractivity contribution in [1.29, 1.82) is 0 Å². The minimum atomic E-state index is -3.52. The fraction of sp³-hybridized carbons (Fsp3) is 0.929. The van der Waals surface area contributed by atoms with Crippen molar-refractivity contribution >= 4 is 16.2 Å². The molecule has 0 atom stereocenters. The van der Waals surface area contributed by atoms with Crippen LogP contribution in [0.25, 0.3) is 0 Å². The number of hydrogen-bond acceptors (Lipinski definition) is 3. The molecule has 0 aliphatic rings. The van der Waals surface area contributed by atoms with Crippen LogP contribution in [-0.4, -0.2) is 43.4 Å². The highest BCUT2D eigenvalue weighted by molar-refractivity contribution is 7.87. The molecule has 0 rings (SSSR count). The summed E-state index contributed by atoms with van der Waals surface area (Å²) < 4.78 is 28.5. The molecule has 0 spiro atoms. The molecule has 0 radical (unpaired) electrons. The first-order chi connectivity index (χ1) is 9.65. The van der Waals surface area contributed by atoms with Crippen LogP contribution in [0.3, 0.4) is 0 Å². The van der Waals surface area contributed by atoms with Gasteiger partial charge < -0.3 is 5.11 Å². The van der Waals surface area contributed by atoms with Crippen LogP contribution in [0.15, 0.2) is 0 Å². The van der Waals surface area contributed by atoms with E-state index in [9.17, 15) is 13.2 Å². The van der Waals surface area contributed by atoms with Crippen molar-refractivity contribution in [2.45, 2.75) is 53.4 Å². The lowest BCUT2D eigenvalue weighted by Crippen LogP contribution is -2.42. The Balaban J connectivity index is 4.49. The molecule has 6 nitrogen and oxygen atoms in total. The van der Waals surface area contributed by atoms with E-state index in [2.05, 4.69) is 32.4 Å². The lowest BCUT2D eigenvalue weighted by atomic mass is 10.1. The summed E-state index contributed by atoms with van der Waals surface area (Å²) in [5, 5.41) is 8.56. The summed E-state index contributed by atoms with van der Waals surface area (Å²) in [6, 6.07) is 0. The molecule has 0 saturated carbocycles. The average Bonchev–Trinajstić information content (AvgIpc) is 2.33. The molecule has 0 aliphatic carbocycles. The number of hydrogen-bond donors (Lipinski definition) is 2. The predicted octanol–water partition coefficient (Wildman–Crippen LogP) is 2.08. The van der Waals surface area contributed by atoms with Crippen LogP contribution in [-0.2, 0) is 15.0 Å². The van der Waals surface area contributed by atoms with E-state index in [0.29, 0.717) is 31.3 Å². The monoisotopic (exact) mass is 322 g/mol. The van der Waals surface area contributed by atoms with Crippen molar-refractivity contribution in [3.8, 4) is 0 Å². The summed E-state index contributed by atoms with van der Waals surface area (Å²) in [7, 11) is -3.52. The van der Waals surface area contributed by atoms with Crippen LogP contribution in [0.2, 0.25) is 0 Å². The molecule has 0 aromatic carbocycles. The Morgan fingerprint density at radius 3 is 1.95 bits per heavy atom. The Morgan fingerprint density at radius 2 is 1.57 bits per heavy atom. The van der Waals surface area contributed by atoms with Gasteiger partial charge in [0.15, 0.2) is 0 Å². The Labute approximate surface area is 129 Å². The van der Waals surface area contributed by atoms with Gasteiger partial charge >= 0.3 is 5.97 Å². The molecular weight excluding hydrogens is 292 g/mol. The normalized spacial score (nSPS) is 12.5. The molecule has 21 heavy (non-hydrogen) atoms. The minimum absolute atomic E-state index is 0.0273. The first-order valence-electron chi connectivity index (χ1n) is 7.61. The molecule has 7 heteroatoms. The van der Waals surface area contributed by atoms with Crippen molar-refractivity contribution in [2.75, 3.05) is 19.6 Å². The maximum atomic E-state index is 12.3. The van der Waals surface area contributed by atoms with Gasteiger partial charge in [-0.05, 0) is 31.1 Å². The topological polar surface area (TPSA) is 86.7 Å². The third-order valence-corrected chi connectivity index (χ3v) is 4.72. The van der Waals surface area contributed by atoms with Crippen LogP contribution in [0.1, 0.15) is 53.4 Å². The second-order valence-electron chi connectivity index (χ2n) is 6.16.